The molecule has 1 N–H and O–H groups in total. The molecule has 0 bridgehead atoms. The van der Waals surface area contributed by atoms with Crippen LogP contribution in [0.4, 0.5) is 0 Å². The molecule has 4 nitrogen and oxygen atoms in total. The molecule has 1 aliphatic heterocycles. The fourth-order valence-electron chi connectivity index (χ4n) is 3.35. The van der Waals surface area contributed by atoms with E-state index in [1.807, 2.05) is 36.4 Å². The average Bonchev–Trinajstić information content (AvgIpc) is 2.78. The van der Waals surface area contributed by atoms with Gasteiger partial charge in [0.2, 0.25) is 11.8 Å². The Kier molecular flexibility index (Phi) is 3.94. The van der Waals surface area contributed by atoms with Gasteiger partial charge in [-0.05, 0) is 12.0 Å². The third-order valence-corrected chi connectivity index (χ3v) is 4.58. The summed E-state index contributed by atoms with van der Waals surface area (Å²) in [6.07, 6.45) is 4.43. The van der Waals surface area contributed by atoms with Crippen molar-refractivity contribution in [2.45, 2.75) is 19.0 Å². The molecule has 2 aliphatic rings. The van der Waals surface area contributed by atoms with E-state index in [2.05, 4.69) is 11.9 Å². The van der Waals surface area contributed by atoms with E-state index < -0.39 is 0 Å². The van der Waals surface area contributed by atoms with Crippen molar-refractivity contribution in [3.05, 3.63) is 60.2 Å². The first kappa shape index (κ1) is 14.7. The molecule has 0 unspecified atom stereocenters. The van der Waals surface area contributed by atoms with Gasteiger partial charge in [0.05, 0.1) is 11.8 Å². The fourth-order valence-corrected chi connectivity index (χ4v) is 3.35. The summed E-state index contributed by atoms with van der Waals surface area (Å²) in [5, 5.41) is 3.42. The number of imide groups is 1. The zero-order valence-corrected chi connectivity index (χ0v) is 12.7. The number of hydrogen-bond acceptors (Lipinski definition) is 3. The monoisotopic (exact) mass is 296 g/mol. The quantitative estimate of drug-likeness (QED) is 0.863. The zero-order chi connectivity index (χ0) is 15.7. The number of carbonyl (C=O) groups excluding carboxylic acids is 2. The highest BCUT2D eigenvalue weighted by molar-refractivity contribution is 6.05. The van der Waals surface area contributed by atoms with Crippen LogP contribution < -0.4 is 5.32 Å². The average molecular weight is 296 g/mol. The Morgan fingerprint density at radius 2 is 2.00 bits per heavy atom. The summed E-state index contributed by atoms with van der Waals surface area (Å²) in [5.41, 5.74) is 2.19. The zero-order valence-electron chi connectivity index (χ0n) is 12.7. The molecular weight excluding hydrogens is 276 g/mol. The Hall–Kier alpha value is -2.20. The van der Waals surface area contributed by atoms with Crippen molar-refractivity contribution in [3.63, 3.8) is 0 Å². The Morgan fingerprint density at radius 1 is 1.27 bits per heavy atom. The minimum Gasteiger partial charge on any atom is -0.306 e. The minimum atomic E-state index is -0.301. The second-order valence-corrected chi connectivity index (χ2v) is 5.91. The predicted octanol–water partition coefficient (Wildman–Crippen LogP) is 1.89. The standard InChI is InChI=1S/C18H20N2O2/c1-3-12-9-14-16(18(22)20(2)17(14)21)15(10-12)19-11-13-7-5-4-6-8-13/h3-8,10,14-16,19H,1,9,11H2,2H3/t14-,15+,16-/m0/s1. The lowest BCUT2D eigenvalue weighted by Gasteiger charge is -2.29. The number of rotatable bonds is 4. The normalized spacial score (nSPS) is 27.6. The van der Waals surface area contributed by atoms with Crippen molar-refractivity contribution < 1.29 is 9.59 Å². The third-order valence-electron chi connectivity index (χ3n) is 4.58. The van der Waals surface area contributed by atoms with Crippen LogP contribution in [0.3, 0.4) is 0 Å². The molecule has 0 aromatic heterocycles. The number of hydrogen-bond donors (Lipinski definition) is 1. The summed E-state index contributed by atoms with van der Waals surface area (Å²) in [6, 6.07) is 9.91. The third kappa shape index (κ3) is 2.50. The molecule has 0 spiro atoms. The molecular formula is C18H20N2O2. The maximum atomic E-state index is 12.4. The lowest BCUT2D eigenvalue weighted by molar-refractivity contribution is -0.138. The molecule has 1 aromatic carbocycles. The summed E-state index contributed by atoms with van der Waals surface area (Å²) in [6.45, 7) is 4.48. The summed E-state index contributed by atoms with van der Waals surface area (Å²) in [5.74, 6) is -0.720. The van der Waals surface area contributed by atoms with Gasteiger partial charge in [0.15, 0.2) is 0 Å². The first-order chi connectivity index (χ1) is 10.6. The lowest BCUT2D eigenvalue weighted by Crippen LogP contribution is -2.43. The van der Waals surface area contributed by atoms with E-state index in [1.165, 1.54) is 4.90 Å². The van der Waals surface area contributed by atoms with Crippen molar-refractivity contribution in [2.75, 3.05) is 7.05 Å². The highest BCUT2D eigenvalue weighted by Gasteiger charge is 2.50. The highest BCUT2D eigenvalue weighted by Crippen LogP contribution is 2.37. The molecule has 1 saturated heterocycles. The van der Waals surface area contributed by atoms with Gasteiger partial charge in [-0.25, -0.2) is 0 Å². The van der Waals surface area contributed by atoms with Gasteiger partial charge in [-0.2, -0.15) is 0 Å². The Labute approximate surface area is 130 Å². The van der Waals surface area contributed by atoms with Crippen LogP contribution in [0.5, 0.6) is 0 Å². The molecule has 0 radical (unpaired) electrons. The van der Waals surface area contributed by atoms with Gasteiger partial charge in [0.1, 0.15) is 0 Å². The largest absolute Gasteiger partial charge is 0.306 e. The van der Waals surface area contributed by atoms with E-state index in [4.69, 9.17) is 0 Å². The lowest BCUT2D eigenvalue weighted by atomic mass is 9.78. The number of likely N-dealkylation sites (tertiary alicyclic amines) is 1. The topological polar surface area (TPSA) is 49.4 Å². The van der Waals surface area contributed by atoms with E-state index >= 15 is 0 Å². The van der Waals surface area contributed by atoms with E-state index in [0.717, 1.165) is 11.1 Å². The number of amides is 2. The van der Waals surface area contributed by atoms with E-state index in [9.17, 15) is 9.59 Å². The van der Waals surface area contributed by atoms with Crippen LogP contribution in [-0.4, -0.2) is 29.8 Å². The van der Waals surface area contributed by atoms with E-state index in [0.29, 0.717) is 13.0 Å². The Morgan fingerprint density at radius 3 is 2.68 bits per heavy atom. The molecule has 2 amide bonds. The molecule has 22 heavy (non-hydrogen) atoms. The predicted molar refractivity (Wildman–Crippen MR) is 84.7 cm³/mol. The van der Waals surface area contributed by atoms with Crippen LogP contribution in [0.1, 0.15) is 12.0 Å². The van der Waals surface area contributed by atoms with Crippen molar-refractivity contribution in [1.29, 1.82) is 0 Å². The number of nitrogens with zero attached hydrogens (tertiary/aromatic N) is 1. The minimum absolute atomic E-state index is 0.0750. The smallest absolute Gasteiger partial charge is 0.234 e. The van der Waals surface area contributed by atoms with Gasteiger partial charge in [-0.1, -0.05) is 54.6 Å². The molecule has 1 aliphatic carbocycles. The van der Waals surface area contributed by atoms with Gasteiger partial charge in [-0.3, -0.25) is 14.5 Å². The number of fused-ring (bicyclic) bond motifs is 1. The van der Waals surface area contributed by atoms with E-state index in [1.54, 1.807) is 13.1 Å². The van der Waals surface area contributed by atoms with Crippen LogP contribution in [0, 0.1) is 11.8 Å². The molecule has 1 aromatic rings. The van der Waals surface area contributed by atoms with Crippen molar-refractivity contribution in [2.24, 2.45) is 11.8 Å². The van der Waals surface area contributed by atoms with Crippen LogP contribution in [0.15, 0.2) is 54.6 Å². The Balaban J connectivity index is 1.82. The van der Waals surface area contributed by atoms with Gasteiger partial charge < -0.3 is 5.32 Å². The molecule has 1 heterocycles. The van der Waals surface area contributed by atoms with Crippen molar-refractivity contribution >= 4 is 11.8 Å². The molecule has 114 valence electrons. The summed E-state index contributed by atoms with van der Waals surface area (Å²) >= 11 is 0. The molecule has 4 heteroatoms. The van der Waals surface area contributed by atoms with Gasteiger partial charge in [0, 0.05) is 19.6 Å². The molecule has 0 saturated carbocycles. The van der Waals surface area contributed by atoms with Crippen LogP contribution >= 0.6 is 0 Å². The maximum absolute atomic E-state index is 12.4. The van der Waals surface area contributed by atoms with Gasteiger partial charge in [0.25, 0.3) is 0 Å². The van der Waals surface area contributed by atoms with Gasteiger partial charge >= 0.3 is 0 Å². The first-order valence-electron chi connectivity index (χ1n) is 7.53. The summed E-state index contributed by atoms with van der Waals surface area (Å²) in [4.78, 5) is 25.9. The maximum Gasteiger partial charge on any atom is 0.234 e. The van der Waals surface area contributed by atoms with Crippen molar-refractivity contribution in [3.8, 4) is 0 Å². The Bertz CT molecular complexity index is 636. The SMILES string of the molecule is C=CC1=C[C@@H](NCc2ccccc2)[C@H]2C(=O)N(C)C(=O)[C@H]2C1. The van der Waals surface area contributed by atoms with Crippen LogP contribution in [0.2, 0.25) is 0 Å². The molecule has 3 rings (SSSR count). The molecule has 1 fully saturated rings. The second kappa shape index (κ2) is 5.89. The number of benzene rings is 1. The van der Waals surface area contributed by atoms with Crippen LogP contribution in [-0.2, 0) is 16.1 Å². The number of carbonyl (C=O) groups is 2. The fraction of sp³-hybridized carbons (Fsp3) is 0.333. The molecule has 3 atom stereocenters. The highest BCUT2D eigenvalue weighted by atomic mass is 16.2. The number of allylic oxidation sites excluding steroid dienone is 2. The number of nitrogens with one attached hydrogen (secondary N) is 1. The summed E-state index contributed by atoms with van der Waals surface area (Å²) in [7, 11) is 1.57. The summed E-state index contributed by atoms with van der Waals surface area (Å²) < 4.78 is 0. The van der Waals surface area contributed by atoms with Crippen molar-refractivity contribution in [1.82, 2.24) is 10.2 Å². The first-order valence-corrected chi connectivity index (χ1v) is 7.53. The second-order valence-electron chi connectivity index (χ2n) is 5.91. The van der Waals surface area contributed by atoms with Crippen LogP contribution in [0.25, 0.3) is 0 Å². The van der Waals surface area contributed by atoms with Gasteiger partial charge in [-0.15, -0.1) is 0 Å². The van der Waals surface area contributed by atoms with E-state index in [-0.39, 0.29) is 29.7 Å².